The van der Waals surface area contributed by atoms with Crippen molar-refractivity contribution in [3.63, 3.8) is 0 Å². The lowest BCUT2D eigenvalue weighted by Crippen LogP contribution is -2.70. The molecule has 35 heavy (non-hydrogen) atoms. The standard InChI is InChI=1S/C27H34O8/c1-25(2)20(19(29)24(32)33-5)27(4)16-6-8-26(3)17(14(16)10-15(21(25)30)22(27)31)11-18(28)35-23(26)13-7-9-34-12-13/h7,9,11-12,14-16,19-21,23,29-30H,6,8,10H2,1-5H3/t14-,15+,16+,19-,20+,21-,23+,26-,27-/m1/s1. The summed E-state index contributed by atoms with van der Waals surface area (Å²) in [6.45, 7) is 7.54. The van der Waals surface area contributed by atoms with Gasteiger partial charge < -0.3 is 24.1 Å². The Balaban J connectivity index is 1.64. The highest BCUT2D eigenvalue weighted by molar-refractivity contribution is 5.92. The van der Waals surface area contributed by atoms with Crippen molar-refractivity contribution in [2.45, 2.75) is 65.3 Å². The summed E-state index contributed by atoms with van der Waals surface area (Å²) in [5.74, 6) is -3.27. The van der Waals surface area contributed by atoms with E-state index in [-0.39, 0.29) is 17.6 Å². The third-order valence-corrected chi connectivity index (χ3v) is 9.95. The molecule has 190 valence electrons. The molecular formula is C27H34O8. The van der Waals surface area contributed by atoms with E-state index in [1.807, 2.05) is 20.8 Å². The zero-order valence-electron chi connectivity index (χ0n) is 20.8. The molecular weight excluding hydrogens is 452 g/mol. The van der Waals surface area contributed by atoms with Crippen molar-refractivity contribution in [1.82, 2.24) is 0 Å². The van der Waals surface area contributed by atoms with Crippen LogP contribution in [0.5, 0.6) is 0 Å². The Morgan fingerprint density at radius 1 is 1.20 bits per heavy atom. The molecule has 1 aromatic heterocycles. The number of methoxy groups -OCH3 is 1. The predicted octanol–water partition coefficient (Wildman–Crippen LogP) is 2.98. The van der Waals surface area contributed by atoms with E-state index in [9.17, 15) is 24.6 Å². The Bertz CT molecular complexity index is 1090. The Morgan fingerprint density at radius 3 is 2.54 bits per heavy atom. The molecule has 1 aromatic rings. The molecule has 8 nitrogen and oxygen atoms in total. The third kappa shape index (κ3) is 3.08. The number of hydrogen-bond acceptors (Lipinski definition) is 8. The van der Waals surface area contributed by atoms with Gasteiger partial charge in [0.1, 0.15) is 11.9 Å². The molecule has 3 aliphatic carbocycles. The number of furan rings is 1. The number of ketones is 1. The van der Waals surface area contributed by atoms with Crippen molar-refractivity contribution >= 4 is 17.7 Å². The zero-order valence-corrected chi connectivity index (χ0v) is 20.8. The quantitative estimate of drug-likeness (QED) is 0.625. The topological polar surface area (TPSA) is 123 Å². The van der Waals surface area contributed by atoms with Crippen LogP contribution in [0.4, 0.5) is 0 Å². The van der Waals surface area contributed by atoms with Crippen LogP contribution in [-0.4, -0.2) is 47.3 Å². The van der Waals surface area contributed by atoms with Crippen molar-refractivity contribution in [3.05, 3.63) is 35.8 Å². The van der Waals surface area contributed by atoms with E-state index in [1.54, 1.807) is 24.7 Å². The van der Waals surface area contributed by atoms with Gasteiger partial charge in [-0.3, -0.25) is 4.79 Å². The van der Waals surface area contributed by atoms with Gasteiger partial charge >= 0.3 is 11.9 Å². The van der Waals surface area contributed by atoms with E-state index in [0.29, 0.717) is 19.3 Å². The van der Waals surface area contributed by atoms with Crippen LogP contribution in [0, 0.1) is 39.9 Å². The molecule has 0 spiro atoms. The molecule has 8 heteroatoms. The van der Waals surface area contributed by atoms with Crippen LogP contribution in [0.2, 0.25) is 0 Å². The average molecular weight is 487 g/mol. The Morgan fingerprint density at radius 2 is 1.91 bits per heavy atom. The summed E-state index contributed by atoms with van der Waals surface area (Å²) in [6.07, 6.45) is 3.29. The molecule has 0 amide bonds. The van der Waals surface area contributed by atoms with Crippen LogP contribution in [-0.2, 0) is 23.9 Å². The van der Waals surface area contributed by atoms with Crippen LogP contribution in [0.1, 0.15) is 58.6 Å². The lowest BCUT2D eigenvalue weighted by atomic mass is 9.38. The molecule has 5 rings (SSSR count). The monoisotopic (exact) mass is 486 g/mol. The van der Waals surface area contributed by atoms with E-state index in [1.165, 1.54) is 7.11 Å². The average Bonchev–Trinajstić information content (AvgIpc) is 3.34. The predicted molar refractivity (Wildman–Crippen MR) is 122 cm³/mol. The van der Waals surface area contributed by atoms with Crippen LogP contribution >= 0.6 is 0 Å². The van der Waals surface area contributed by atoms with Gasteiger partial charge in [0, 0.05) is 34.3 Å². The van der Waals surface area contributed by atoms with Crippen LogP contribution in [0.15, 0.2) is 34.7 Å². The SMILES string of the molecule is COC(=O)[C@H](O)[C@H]1C(C)(C)[C@H](O)[C@@H]2C[C@H]3C4=CC(=O)O[C@@H](c5ccoc5)[C@]4(C)CC[C@@H]3[C@@]1(C)C2=O. The van der Waals surface area contributed by atoms with E-state index in [2.05, 4.69) is 6.92 Å². The molecule has 2 N–H and O–H groups in total. The molecule has 1 aliphatic heterocycles. The van der Waals surface area contributed by atoms with Gasteiger partial charge in [0.2, 0.25) is 0 Å². The maximum atomic E-state index is 13.9. The summed E-state index contributed by atoms with van der Waals surface area (Å²) in [6, 6.07) is 1.80. The van der Waals surface area contributed by atoms with Crippen molar-refractivity contribution in [2.75, 3.05) is 7.11 Å². The number of carbonyl (C=O) groups is 3. The van der Waals surface area contributed by atoms with Gasteiger partial charge in [0.25, 0.3) is 0 Å². The number of hydrogen-bond donors (Lipinski definition) is 2. The molecule has 0 aromatic carbocycles. The van der Waals surface area contributed by atoms with Gasteiger partial charge in [-0.15, -0.1) is 0 Å². The molecule has 2 heterocycles. The fraction of sp³-hybridized carbons (Fsp3) is 0.667. The second-order valence-corrected chi connectivity index (χ2v) is 11.8. The van der Waals surface area contributed by atoms with Gasteiger partial charge in [-0.25, -0.2) is 9.59 Å². The zero-order chi connectivity index (χ0) is 25.5. The number of carbonyl (C=O) groups excluding carboxylic acids is 3. The van der Waals surface area contributed by atoms with Crippen molar-refractivity contribution in [1.29, 1.82) is 0 Å². The number of fused-ring (bicyclic) bond motifs is 6. The van der Waals surface area contributed by atoms with Crippen molar-refractivity contribution in [2.24, 2.45) is 39.9 Å². The fourth-order valence-electron chi connectivity index (χ4n) is 8.36. The maximum Gasteiger partial charge on any atom is 0.335 e. The normalized spacial score (nSPS) is 42.8. The number of cyclic esters (lactones) is 1. The molecule has 4 aliphatic rings. The van der Waals surface area contributed by atoms with Gasteiger partial charge in [-0.05, 0) is 48.2 Å². The molecule has 0 unspecified atom stereocenters. The van der Waals surface area contributed by atoms with Gasteiger partial charge in [-0.2, -0.15) is 0 Å². The lowest BCUT2D eigenvalue weighted by Gasteiger charge is -2.65. The number of rotatable bonds is 3. The second kappa shape index (κ2) is 7.77. The van der Waals surface area contributed by atoms with Crippen molar-refractivity contribution < 1.29 is 38.5 Å². The Labute approximate surface area is 204 Å². The highest BCUT2D eigenvalue weighted by atomic mass is 16.5. The molecule has 3 fully saturated rings. The summed E-state index contributed by atoms with van der Waals surface area (Å²) < 4.78 is 15.9. The molecule has 9 atom stereocenters. The highest BCUT2D eigenvalue weighted by Crippen LogP contribution is 2.68. The Kier molecular flexibility index (Phi) is 5.39. The van der Waals surface area contributed by atoms with Crippen LogP contribution in [0.25, 0.3) is 0 Å². The molecule has 3 saturated carbocycles. The summed E-state index contributed by atoms with van der Waals surface area (Å²) in [5.41, 5.74) is -0.799. The first-order chi connectivity index (χ1) is 16.4. The van der Waals surface area contributed by atoms with E-state index < -0.39 is 58.3 Å². The minimum atomic E-state index is -1.56. The second-order valence-electron chi connectivity index (χ2n) is 11.8. The van der Waals surface area contributed by atoms with E-state index in [4.69, 9.17) is 13.9 Å². The van der Waals surface area contributed by atoms with E-state index in [0.717, 1.165) is 11.1 Å². The molecule has 2 bridgehead atoms. The minimum Gasteiger partial charge on any atom is -0.472 e. The minimum absolute atomic E-state index is 0.118. The van der Waals surface area contributed by atoms with Crippen molar-refractivity contribution in [3.8, 4) is 0 Å². The summed E-state index contributed by atoms with van der Waals surface area (Å²) in [4.78, 5) is 39.2. The smallest absolute Gasteiger partial charge is 0.335 e. The molecule has 0 radical (unpaired) electrons. The fourth-order valence-corrected chi connectivity index (χ4v) is 8.36. The number of aliphatic hydroxyl groups excluding tert-OH is 2. The van der Waals surface area contributed by atoms with Gasteiger partial charge in [-0.1, -0.05) is 27.7 Å². The summed E-state index contributed by atoms with van der Waals surface area (Å²) in [7, 11) is 1.20. The lowest BCUT2D eigenvalue weighted by molar-refractivity contribution is -0.217. The number of aliphatic hydroxyl groups is 2. The van der Waals surface area contributed by atoms with Gasteiger partial charge in [0.05, 0.1) is 25.7 Å². The molecule has 0 saturated heterocycles. The van der Waals surface area contributed by atoms with Crippen LogP contribution < -0.4 is 0 Å². The number of esters is 2. The van der Waals surface area contributed by atoms with Crippen LogP contribution in [0.3, 0.4) is 0 Å². The maximum absolute atomic E-state index is 13.9. The Hall–Kier alpha value is -2.45. The largest absolute Gasteiger partial charge is 0.472 e. The number of Topliss-reactive ketones (excluding diaryl/α,β-unsaturated/α-hetero) is 1. The first kappa shape index (κ1) is 24.3. The third-order valence-electron chi connectivity index (χ3n) is 9.95. The first-order valence-electron chi connectivity index (χ1n) is 12.3. The highest BCUT2D eigenvalue weighted by Gasteiger charge is 2.70. The number of ether oxygens (including phenoxy) is 2. The van der Waals surface area contributed by atoms with E-state index >= 15 is 0 Å². The van der Waals surface area contributed by atoms with Gasteiger partial charge in [0.15, 0.2) is 6.10 Å². The summed E-state index contributed by atoms with van der Waals surface area (Å²) >= 11 is 0. The summed E-state index contributed by atoms with van der Waals surface area (Å²) in [5, 5.41) is 22.5. The first-order valence-corrected chi connectivity index (χ1v) is 12.3.